The Balaban J connectivity index is 2.52. The van der Waals surface area contributed by atoms with Gasteiger partial charge < -0.3 is 5.11 Å². The highest BCUT2D eigenvalue weighted by atomic mass is 16.3. The summed E-state index contributed by atoms with van der Waals surface area (Å²) < 4.78 is 0. The number of benzene rings is 1. The fourth-order valence-electron chi connectivity index (χ4n) is 1.30. The molecule has 1 aromatic rings. The van der Waals surface area contributed by atoms with Gasteiger partial charge in [0.25, 0.3) is 0 Å². The SMILES string of the molecule is C=CCC(=C)C(O)Cc1ccccc1. The van der Waals surface area contributed by atoms with Crippen molar-refractivity contribution >= 4 is 0 Å². The molecule has 0 saturated carbocycles. The molecule has 0 fully saturated rings. The second-order valence-electron chi connectivity index (χ2n) is 3.36. The third-order valence-electron chi connectivity index (χ3n) is 2.15. The number of hydrogen-bond donors (Lipinski definition) is 1. The van der Waals surface area contributed by atoms with E-state index in [-0.39, 0.29) is 0 Å². The maximum absolute atomic E-state index is 9.75. The smallest absolute Gasteiger partial charge is 0.0790 e. The van der Waals surface area contributed by atoms with E-state index in [4.69, 9.17) is 0 Å². The van der Waals surface area contributed by atoms with Crippen LogP contribution in [0.25, 0.3) is 0 Å². The minimum atomic E-state index is -0.463. The molecule has 1 aromatic carbocycles. The van der Waals surface area contributed by atoms with Crippen LogP contribution in [0, 0.1) is 0 Å². The van der Waals surface area contributed by atoms with Crippen LogP contribution in [0.3, 0.4) is 0 Å². The molecule has 0 spiro atoms. The summed E-state index contributed by atoms with van der Waals surface area (Å²) in [4.78, 5) is 0. The third kappa shape index (κ3) is 3.19. The van der Waals surface area contributed by atoms with Crippen LogP contribution in [0.15, 0.2) is 55.1 Å². The topological polar surface area (TPSA) is 20.2 Å². The van der Waals surface area contributed by atoms with Crippen LogP contribution in [0.2, 0.25) is 0 Å². The Morgan fingerprint density at radius 2 is 2.00 bits per heavy atom. The molecule has 0 aliphatic rings. The molecule has 0 bridgehead atoms. The lowest BCUT2D eigenvalue weighted by atomic mass is 10.0. The van der Waals surface area contributed by atoms with E-state index in [1.165, 1.54) is 0 Å². The molecule has 1 rings (SSSR count). The Labute approximate surface area is 85.4 Å². The van der Waals surface area contributed by atoms with Gasteiger partial charge in [0.2, 0.25) is 0 Å². The normalized spacial score (nSPS) is 12.1. The van der Waals surface area contributed by atoms with E-state index in [0.29, 0.717) is 12.8 Å². The Morgan fingerprint density at radius 1 is 1.36 bits per heavy atom. The number of rotatable bonds is 5. The van der Waals surface area contributed by atoms with Gasteiger partial charge in [0, 0.05) is 6.42 Å². The maximum atomic E-state index is 9.75. The van der Waals surface area contributed by atoms with Crippen LogP contribution in [0.1, 0.15) is 12.0 Å². The van der Waals surface area contributed by atoms with Gasteiger partial charge in [0.05, 0.1) is 6.10 Å². The first kappa shape index (κ1) is 10.7. The van der Waals surface area contributed by atoms with Gasteiger partial charge in [-0.25, -0.2) is 0 Å². The Hall–Kier alpha value is -1.34. The summed E-state index contributed by atoms with van der Waals surface area (Å²) in [5.41, 5.74) is 1.95. The van der Waals surface area contributed by atoms with Gasteiger partial charge in [-0.1, -0.05) is 43.0 Å². The van der Waals surface area contributed by atoms with Crippen molar-refractivity contribution in [3.63, 3.8) is 0 Å². The number of aliphatic hydroxyl groups excluding tert-OH is 1. The van der Waals surface area contributed by atoms with Crippen molar-refractivity contribution in [3.8, 4) is 0 Å². The van der Waals surface area contributed by atoms with Gasteiger partial charge in [-0.15, -0.1) is 6.58 Å². The highest BCUT2D eigenvalue weighted by Gasteiger charge is 2.07. The van der Waals surface area contributed by atoms with E-state index < -0.39 is 6.10 Å². The van der Waals surface area contributed by atoms with Crippen LogP contribution in [-0.2, 0) is 6.42 Å². The molecule has 1 nitrogen and oxygen atoms in total. The molecule has 0 amide bonds. The quantitative estimate of drug-likeness (QED) is 0.704. The van der Waals surface area contributed by atoms with Crippen molar-refractivity contribution in [2.75, 3.05) is 0 Å². The molecule has 0 heterocycles. The number of hydrogen-bond acceptors (Lipinski definition) is 1. The van der Waals surface area contributed by atoms with Gasteiger partial charge in [-0.2, -0.15) is 0 Å². The molecule has 0 aromatic heterocycles. The van der Waals surface area contributed by atoms with E-state index in [1.807, 2.05) is 30.3 Å². The summed E-state index contributed by atoms with van der Waals surface area (Å²) in [6.07, 6.45) is 2.60. The predicted molar refractivity (Wildman–Crippen MR) is 60.1 cm³/mol. The van der Waals surface area contributed by atoms with E-state index in [1.54, 1.807) is 6.08 Å². The minimum absolute atomic E-state index is 0.463. The molecule has 0 aliphatic carbocycles. The molecular weight excluding hydrogens is 172 g/mol. The Bertz CT molecular complexity index is 300. The predicted octanol–water partition coefficient (Wildman–Crippen LogP) is 2.72. The first-order chi connectivity index (χ1) is 6.74. The second-order valence-corrected chi connectivity index (χ2v) is 3.36. The molecular formula is C13H16O. The van der Waals surface area contributed by atoms with Crippen LogP contribution in [0.4, 0.5) is 0 Å². The zero-order chi connectivity index (χ0) is 10.4. The number of aliphatic hydroxyl groups is 1. The van der Waals surface area contributed by atoms with Crippen molar-refractivity contribution in [2.24, 2.45) is 0 Å². The van der Waals surface area contributed by atoms with Crippen LogP contribution in [-0.4, -0.2) is 11.2 Å². The summed E-state index contributed by atoms with van der Waals surface area (Å²) in [5.74, 6) is 0. The molecule has 14 heavy (non-hydrogen) atoms. The standard InChI is InChI=1S/C13H16O/c1-3-7-11(2)13(14)10-12-8-5-4-6-9-12/h3-6,8-9,13-14H,1-2,7,10H2. The van der Waals surface area contributed by atoms with Gasteiger partial charge >= 0.3 is 0 Å². The maximum Gasteiger partial charge on any atom is 0.0790 e. The Kier molecular flexibility index (Phi) is 4.14. The van der Waals surface area contributed by atoms with E-state index in [0.717, 1.165) is 11.1 Å². The van der Waals surface area contributed by atoms with Crippen molar-refractivity contribution in [3.05, 3.63) is 60.7 Å². The Morgan fingerprint density at radius 3 is 2.57 bits per heavy atom. The monoisotopic (exact) mass is 188 g/mol. The zero-order valence-corrected chi connectivity index (χ0v) is 8.32. The highest BCUT2D eigenvalue weighted by molar-refractivity contribution is 5.19. The molecule has 1 atom stereocenters. The number of allylic oxidation sites excluding steroid dienone is 1. The van der Waals surface area contributed by atoms with Crippen molar-refractivity contribution in [1.29, 1.82) is 0 Å². The summed E-state index contributed by atoms with van der Waals surface area (Å²) in [6, 6.07) is 9.92. The first-order valence-corrected chi connectivity index (χ1v) is 4.74. The summed E-state index contributed by atoms with van der Waals surface area (Å²) in [5, 5.41) is 9.75. The van der Waals surface area contributed by atoms with E-state index in [9.17, 15) is 5.11 Å². The molecule has 0 aliphatic heterocycles. The lowest BCUT2D eigenvalue weighted by molar-refractivity contribution is 0.209. The molecule has 0 radical (unpaired) electrons. The molecule has 0 saturated heterocycles. The van der Waals surface area contributed by atoms with Crippen molar-refractivity contribution in [1.82, 2.24) is 0 Å². The van der Waals surface area contributed by atoms with Gasteiger partial charge in [0.15, 0.2) is 0 Å². The van der Waals surface area contributed by atoms with Crippen molar-refractivity contribution in [2.45, 2.75) is 18.9 Å². The summed E-state index contributed by atoms with van der Waals surface area (Å²) in [6.45, 7) is 7.44. The van der Waals surface area contributed by atoms with Gasteiger partial charge in [-0.3, -0.25) is 0 Å². The van der Waals surface area contributed by atoms with Gasteiger partial charge in [-0.05, 0) is 17.6 Å². The fraction of sp³-hybridized carbons (Fsp3) is 0.231. The minimum Gasteiger partial charge on any atom is -0.388 e. The largest absolute Gasteiger partial charge is 0.388 e. The third-order valence-corrected chi connectivity index (χ3v) is 2.15. The van der Waals surface area contributed by atoms with Crippen molar-refractivity contribution < 1.29 is 5.11 Å². The lowest BCUT2D eigenvalue weighted by Crippen LogP contribution is -2.12. The average Bonchev–Trinajstić information content (AvgIpc) is 2.19. The van der Waals surface area contributed by atoms with Crippen LogP contribution in [0.5, 0.6) is 0 Å². The van der Waals surface area contributed by atoms with E-state index >= 15 is 0 Å². The summed E-state index contributed by atoms with van der Waals surface area (Å²) in [7, 11) is 0. The lowest BCUT2D eigenvalue weighted by Gasteiger charge is -2.12. The summed E-state index contributed by atoms with van der Waals surface area (Å²) >= 11 is 0. The van der Waals surface area contributed by atoms with Gasteiger partial charge in [0.1, 0.15) is 0 Å². The fourth-order valence-corrected chi connectivity index (χ4v) is 1.30. The average molecular weight is 188 g/mol. The molecule has 1 N–H and O–H groups in total. The molecule has 74 valence electrons. The van der Waals surface area contributed by atoms with Crippen LogP contribution < -0.4 is 0 Å². The zero-order valence-electron chi connectivity index (χ0n) is 8.32. The van der Waals surface area contributed by atoms with Crippen LogP contribution >= 0.6 is 0 Å². The molecule has 1 unspecified atom stereocenters. The second kappa shape index (κ2) is 5.40. The molecule has 1 heteroatoms. The highest BCUT2D eigenvalue weighted by Crippen LogP contribution is 2.11. The first-order valence-electron chi connectivity index (χ1n) is 4.74. The van der Waals surface area contributed by atoms with E-state index in [2.05, 4.69) is 13.2 Å².